The zero-order valence-corrected chi connectivity index (χ0v) is 19.0. The number of fused-ring (bicyclic) bond motifs is 5. The van der Waals surface area contributed by atoms with Gasteiger partial charge in [-0.25, -0.2) is 4.79 Å². The van der Waals surface area contributed by atoms with Gasteiger partial charge in [-0.3, -0.25) is 4.79 Å². The van der Waals surface area contributed by atoms with E-state index in [1.165, 1.54) is 6.92 Å². The lowest BCUT2D eigenvalue weighted by atomic mass is 9.41. The third-order valence-corrected chi connectivity index (χ3v) is 10.2. The molecule has 4 saturated carbocycles. The number of carbonyl (C=O) groups is 3. The van der Waals surface area contributed by atoms with Crippen molar-refractivity contribution in [1.29, 1.82) is 0 Å². The van der Waals surface area contributed by atoms with E-state index in [4.69, 9.17) is 9.47 Å². The van der Waals surface area contributed by atoms with Crippen molar-refractivity contribution in [2.75, 3.05) is 6.61 Å². The zero-order chi connectivity index (χ0) is 22.9. The Morgan fingerprint density at radius 1 is 1.12 bits per heavy atom. The predicted molar refractivity (Wildman–Crippen MR) is 113 cm³/mol. The van der Waals surface area contributed by atoms with Gasteiger partial charge in [-0.15, -0.1) is 0 Å². The van der Waals surface area contributed by atoms with E-state index in [0.717, 1.165) is 31.1 Å². The first-order chi connectivity index (χ1) is 15.1. The molecule has 2 N–H and O–H groups in total. The highest BCUT2D eigenvalue weighted by molar-refractivity contribution is 5.85. The molecule has 5 rings (SSSR count). The summed E-state index contributed by atoms with van der Waals surface area (Å²) in [6, 6.07) is 0. The van der Waals surface area contributed by atoms with E-state index in [-0.39, 0.29) is 47.6 Å². The second kappa shape index (κ2) is 7.13. The minimum Gasteiger partial charge on any atom is -0.462 e. The Kier molecular flexibility index (Phi) is 4.92. The summed E-state index contributed by atoms with van der Waals surface area (Å²) in [5, 5.41) is 23.9. The summed E-state index contributed by atoms with van der Waals surface area (Å²) in [4.78, 5) is 35.8. The number of hydrogen-bond donors (Lipinski definition) is 2. The van der Waals surface area contributed by atoms with Crippen LogP contribution in [0.3, 0.4) is 0 Å². The third-order valence-electron chi connectivity index (χ3n) is 10.2. The smallest absolute Gasteiger partial charge is 0.331 e. The van der Waals surface area contributed by atoms with Gasteiger partial charge in [0.25, 0.3) is 0 Å². The Morgan fingerprint density at radius 2 is 1.88 bits per heavy atom. The highest BCUT2D eigenvalue weighted by Gasteiger charge is 2.71. The molecule has 0 aromatic carbocycles. The van der Waals surface area contributed by atoms with Crippen LogP contribution >= 0.6 is 0 Å². The van der Waals surface area contributed by atoms with Crippen LogP contribution in [0.1, 0.15) is 71.6 Å². The van der Waals surface area contributed by atoms with Crippen LogP contribution in [0.4, 0.5) is 0 Å². The fourth-order valence-corrected chi connectivity index (χ4v) is 8.65. The molecule has 0 aromatic heterocycles. The minimum atomic E-state index is -1.22. The topological polar surface area (TPSA) is 110 Å². The van der Waals surface area contributed by atoms with Gasteiger partial charge in [0.2, 0.25) is 0 Å². The van der Waals surface area contributed by atoms with Gasteiger partial charge in [0.15, 0.2) is 0 Å². The Hall–Kier alpha value is -1.73. The number of carbonyl (C=O) groups excluding carboxylic acids is 3. The molecule has 4 fully saturated rings. The Morgan fingerprint density at radius 3 is 2.53 bits per heavy atom. The second-order valence-corrected chi connectivity index (χ2v) is 11.2. The lowest BCUT2D eigenvalue weighted by Crippen LogP contribution is -2.69. The van der Waals surface area contributed by atoms with Crippen LogP contribution in [0.2, 0.25) is 0 Å². The monoisotopic (exact) mass is 446 g/mol. The summed E-state index contributed by atoms with van der Waals surface area (Å²) >= 11 is 0. The van der Waals surface area contributed by atoms with Gasteiger partial charge in [0.1, 0.15) is 19.0 Å². The SMILES string of the molecule is CC(=O)OC1CCC2(C=O)[C@H]3CCC4(C)C(C5=CC(=O)OC5)CCC4(O)[C@@H]3CCC2(O)C1. The summed E-state index contributed by atoms with van der Waals surface area (Å²) in [5.74, 6) is -0.772. The molecule has 7 heteroatoms. The van der Waals surface area contributed by atoms with Crippen LogP contribution < -0.4 is 0 Å². The summed E-state index contributed by atoms with van der Waals surface area (Å²) in [6.07, 6.45) is 7.44. The van der Waals surface area contributed by atoms with Crippen molar-refractivity contribution in [1.82, 2.24) is 0 Å². The van der Waals surface area contributed by atoms with Gasteiger partial charge >= 0.3 is 11.9 Å². The van der Waals surface area contributed by atoms with E-state index in [2.05, 4.69) is 6.92 Å². The van der Waals surface area contributed by atoms with E-state index >= 15 is 0 Å². The normalized spacial score (nSPS) is 49.9. The zero-order valence-electron chi connectivity index (χ0n) is 19.0. The van der Waals surface area contributed by atoms with Crippen molar-refractivity contribution in [2.45, 2.75) is 88.9 Å². The highest BCUT2D eigenvalue weighted by atomic mass is 16.5. The molecule has 0 saturated heterocycles. The summed E-state index contributed by atoms with van der Waals surface area (Å²) < 4.78 is 10.6. The van der Waals surface area contributed by atoms with Gasteiger partial charge in [0.05, 0.1) is 16.6 Å². The molecule has 32 heavy (non-hydrogen) atoms. The predicted octanol–water partition coefficient (Wildman–Crippen LogP) is 2.47. The number of cyclic esters (lactones) is 1. The molecule has 5 aliphatic rings. The van der Waals surface area contributed by atoms with Crippen LogP contribution in [0, 0.1) is 28.6 Å². The first kappa shape index (κ1) is 22.1. The molecule has 0 aromatic rings. The summed E-state index contributed by atoms with van der Waals surface area (Å²) in [6.45, 7) is 3.81. The number of aliphatic hydroxyl groups is 2. The molecular weight excluding hydrogens is 412 g/mol. The molecule has 8 atom stereocenters. The van der Waals surface area contributed by atoms with Crippen LogP contribution in [0.25, 0.3) is 0 Å². The van der Waals surface area contributed by atoms with E-state index < -0.39 is 16.6 Å². The molecule has 0 radical (unpaired) electrons. The van der Waals surface area contributed by atoms with E-state index in [1.54, 1.807) is 6.08 Å². The lowest BCUT2D eigenvalue weighted by Gasteiger charge is -2.65. The van der Waals surface area contributed by atoms with E-state index in [9.17, 15) is 24.6 Å². The molecule has 0 bridgehead atoms. The summed E-state index contributed by atoms with van der Waals surface area (Å²) in [5.41, 5.74) is -2.50. The maximum Gasteiger partial charge on any atom is 0.331 e. The van der Waals surface area contributed by atoms with Crippen LogP contribution in [-0.4, -0.2) is 52.4 Å². The Labute approximate surface area is 188 Å². The van der Waals surface area contributed by atoms with E-state index in [0.29, 0.717) is 38.7 Å². The van der Waals surface area contributed by atoms with Gasteiger partial charge in [0, 0.05) is 24.8 Å². The largest absolute Gasteiger partial charge is 0.462 e. The number of aldehydes is 1. The number of rotatable bonds is 3. The average molecular weight is 447 g/mol. The standard InChI is InChI=1S/C25H34O7/c1-15(27)32-17-3-8-23(14-26)19-4-7-22(2)18(16-11-21(28)31-13-16)6-10-25(22,30)20(19)5-9-24(23,29)12-17/h11,14,17-20,29-30H,3-10,12-13H2,1-2H3/t17?,18?,19-,20+,22?,23?,24?,25?/m0/s1. The lowest BCUT2D eigenvalue weighted by molar-refractivity contribution is -0.249. The van der Waals surface area contributed by atoms with Crippen molar-refractivity contribution in [3.8, 4) is 0 Å². The van der Waals surface area contributed by atoms with Crippen molar-refractivity contribution in [3.63, 3.8) is 0 Å². The van der Waals surface area contributed by atoms with Crippen molar-refractivity contribution >= 4 is 18.2 Å². The van der Waals surface area contributed by atoms with Gasteiger partial charge in [-0.1, -0.05) is 6.92 Å². The molecule has 7 nitrogen and oxygen atoms in total. The molecule has 176 valence electrons. The number of esters is 2. The second-order valence-electron chi connectivity index (χ2n) is 11.2. The third kappa shape index (κ3) is 2.76. The van der Waals surface area contributed by atoms with Crippen LogP contribution in [0.5, 0.6) is 0 Å². The van der Waals surface area contributed by atoms with Gasteiger partial charge in [-0.2, -0.15) is 0 Å². The first-order valence-electron chi connectivity index (χ1n) is 12.0. The van der Waals surface area contributed by atoms with Crippen LogP contribution in [0.15, 0.2) is 11.6 Å². The van der Waals surface area contributed by atoms with Crippen molar-refractivity contribution in [3.05, 3.63) is 11.6 Å². The maximum atomic E-state index is 12.7. The fourth-order valence-electron chi connectivity index (χ4n) is 8.65. The van der Waals surface area contributed by atoms with Gasteiger partial charge < -0.3 is 24.5 Å². The first-order valence-corrected chi connectivity index (χ1v) is 12.0. The summed E-state index contributed by atoms with van der Waals surface area (Å²) in [7, 11) is 0. The average Bonchev–Trinajstić information content (AvgIpc) is 3.27. The van der Waals surface area contributed by atoms with Crippen molar-refractivity contribution < 1.29 is 34.1 Å². The minimum absolute atomic E-state index is 0.0828. The maximum absolute atomic E-state index is 12.7. The fraction of sp³-hybridized carbons (Fsp3) is 0.800. The van der Waals surface area contributed by atoms with E-state index in [1.807, 2.05) is 0 Å². The van der Waals surface area contributed by atoms with Gasteiger partial charge in [-0.05, 0) is 74.7 Å². The van der Waals surface area contributed by atoms with Crippen LogP contribution in [-0.2, 0) is 23.9 Å². The molecule has 6 unspecified atom stereocenters. The van der Waals surface area contributed by atoms with Crippen molar-refractivity contribution in [2.24, 2.45) is 28.6 Å². The Bertz CT molecular complexity index is 882. The molecule has 4 aliphatic carbocycles. The molecule has 0 spiro atoms. The number of hydrogen-bond acceptors (Lipinski definition) is 7. The molecule has 1 aliphatic heterocycles. The molecule has 0 amide bonds. The number of ether oxygens (including phenoxy) is 2. The molecule has 1 heterocycles. The quantitative estimate of drug-likeness (QED) is 0.506. The highest BCUT2D eigenvalue weighted by Crippen LogP contribution is 2.70. The Balaban J connectivity index is 1.46. The molecular formula is C25H34O7.